The fraction of sp³-hybridized carbons (Fsp3) is 0.278. The summed E-state index contributed by atoms with van der Waals surface area (Å²) in [6.45, 7) is 0.920. The lowest BCUT2D eigenvalue weighted by Crippen LogP contribution is -2.25. The minimum absolute atomic E-state index is 0.0315. The standard InChI is InChI=1S/C18H19Cl2NO3/c19-15-6-2-7-16(18(15)20)24-11-3-8-17(23)21-10-9-13-4-1-5-14(22)12-13/h1-2,4-7,12,22H,3,8-11H2,(H,21,23). The highest BCUT2D eigenvalue weighted by molar-refractivity contribution is 6.42. The van der Waals surface area contributed by atoms with Crippen LogP contribution in [0.3, 0.4) is 0 Å². The van der Waals surface area contributed by atoms with Crippen molar-refractivity contribution in [1.29, 1.82) is 0 Å². The van der Waals surface area contributed by atoms with Crippen molar-refractivity contribution in [3.63, 3.8) is 0 Å². The van der Waals surface area contributed by atoms with Crippen LogP contribution >= 0.6 is 23.2 Å². The molecule has 0 fully saturated rings. The Bertz CT molecular complexity index is 692. The molecule has 0 unspecified atom stereocenters. The first-order chi connectivity index (χ1) is 11.6. The third-order valence-electron chi connectivity index (χ3n) is 3.37. The molecule has 24 heavy (non-hydrogen) atoms. The van der Waals surface area contributed by atoms with E-state index in [1.54, 1.807) is 36.4 Å². The van der Waals surface area contributed by atoms with Gasteiger partial charge in [0, 0.05) is 13.0 Å². The number of hydrogen-bond donors (Lipinski definition) is 2. The highest BCUT2D eigenvalue weighted by Gasteiger charge is 2.06. The Balaban J connectivity index is 1.62. The molecular weight excluding hydrogens is 349 g/mol. The Labute approximate surface area is 151 Å². The third-order valence-corrected chi connectivity index (χ3v) is 4.17. The van der Waals surface area contributed by atoms with Gasteiger partial charge in [-0.15, -0.1) is 0 Å². The highest BCUT2D eigenvalue weighted by atomic mass is 35.5. The molecule has 0 aliphatic rings. The number of phenolic OH excluding ortho intramolecular Hbond substituents is 1. The van der Waals surface area contributed by atoms with E-state index in [2.05, 4.69) is 5.32 Å². The van der Waals surface area contributed by atoms with Crippen LogP contribution in [0.1, 0.15) is 18.4 Å². The van der Waals surface area contributed by atoms with E-state index >= 15 is 0 Å². The van der Waals surface area contributed by atoms with E-state index in [-0.39, 0.29) is 11.7 Å². The average molecular weight is 368 g/mol. The van der Waals surface area contributed by atoms with Gasteiger partial charge in [0.05, 0.1) is 11.6 Å². The molecule has 0 bridgehead atoms. The van der Waals surface area contributed by atoms with Gasteiger partial charge in [0.25, 0.3) is 0 Å². The second-order valence-corrected chi connectivity index (χ2v) is 6.06. The fourth-order valence-electron chi connectivity index (χ4n) is 2.16. The number of ether oxygens (including phenoxy) is 1. The molecule has 6 heteroatoms. The van der Waals surface area contributed by atoms with Gasteiger partial charge in [-0.05, 0) is 42.7 Å². The van der Waals surface area contributed by atoms with Crippen LogP contribution < -0.4 is 10.1 Å². The number of amides is 1. The summed E-state index contributed by atoms with van der Waals surface area (Å²) < 4.78 is 5.53. The van der Waals surface area contributed by atoms with Gasteiger partial charge < -0.3 is 15.2 Å². The number of carbonyl (C=O) groups excluding carboxylic acids is 1. The van der Waals surface area contributed by atoms with Gasteiger partial charge in [-0.1, -0.05) is 41.4 Å². The molecule has 0 spiro atoms. The van der Waals surface area contributed by atoms with Gasteiger partial charge in [-0.2, -0.15) is 0 Å². The molecule has 0 aromatic heterocycles. The zero-order valence-electron chi connectivity index (χ0n) is 13.1. The molecule has 1 amide bonds. The van der Waals surface area contributed by atoms with Crippen LogP contribution in [0.15, 0.2) is 42.5 Å². The normalized spacial score (nSPS) is 10.4. The van der Waals surface area contributed by atoms with Crippen molar-refractivity contribution < 1.29 is 14.6 Å². The Hall–Kier alpha value is -1.91. The molecule has 0 aliphatic heterocycles. The minimum Gasteiger partial charge on any atom is -0.508 e. The van der Waals surface area contributed by atoms with Crippen LogP contribution in [0, 0.1) is 0 Å². The van der Waals surface area contributed by atoms with Crippen LogP contribution in [-0.4, -0.2) is 24.2 Å². The van der Waals surface area contributed by atoms with Gasteiger partial charge in [-0.3, -0.25) is 4.79 Å². The topological polar surface area (TPSA) is 58.6 Å². The van der Waals surface area contributed by atoms with Gasteiger partial charge >= 0.3 is 0 Å². The maximum Gasteiger partial charge on any atom is 0.220 e. The smallest absolute Gasteiger partial charge is 0.220 e. The van der Waals surface area contributed by atoms with E-state index in [0.717, 1.165) is 5.56 Å². The number of carbonyl (C=O) groups is 1. The van der Waals surface area contributed by atoms with Crippen LogP contribution in [0.25, 0.3) is 0 Å². The first kappa shape index (κ1) is 18.4. The number of aromatic hydroxyl groups is 1. The van der Waals surface area contributed by atoms with E-state index < -0.39 is 0 Å². The first-order valence-electron chi connectivity index (χ1n) is 7.67. The molecule has 128 valence electrons. The number of rotatable bonds is 8. The van der Waals surface area contributed by atoms with Gasteiger partial charge in [-0.25, -0.2) is 0 Å². The van der Waals surface area contributed by atoms with Crippen molar-refractivity contribution in [2.75, 3.05) is 13.2 Å². The minimum atomic E-state index is -0.0315. The van der Waals surface area contributed by atoms with Crippen LogP contribution in [0.2, 0.25) is 10.0 Å². The lowest BCUT2D eigenvalue weighted by Gasteiger charge is -2.09. The zero-order chi connectivity index (χ0) is 17.4. The zero-order valence-corrected chi connectivity index (χ0v) is 14.6. The summed E-state index contributed by atoms with van der Waals surface area (Å²) in [6.07, 6.45) is 1.63. The van der Waals surface area contributed by atoms with Crippen LogP contribution in [0.5, 0.6) is 11.5 Å². The number of benzene rings is 2. The Kier molecular flexibility index (Phi) is 7.22. The fourth-order valence-corrected chi connectivity index (χ4v) is 2.50. The second-order valence-electron chi connectivity index (χ2n) is 5.27. The van der Waals surface area contributed by atoms with E-state index in [1.165, 1.54) is 0 Å². The first-order valence-corrected chi connectivity index (χ1v) is 8.43. The van der Waals surface area contributed by atoms with Gasteiger partial charge in [0.15, 0.2) is 0 Å². The van der Waals surface area contributed by atoms with Crippen molar-refractivity contribution >= 4 is 29.1 Å². The average Bonchev–Trinajstić information content (AvgIpc) is 2.55. The maximum atomic E-state index is 11.8. The molecule has 2 N–H and O–H groups in total. The summed E-state index contributed by atoms with van der Waals surface area (Å²) in [7, 11) is 0. The molecule has 0 heterocycles. The quantitative estimate of drug-likeness (QED) is 0.686. The number of phenols is 1. The van der Waals surface area contributed by atoms with Crippen molar-refractivity contribution in [1.82, 2.24) is 5.32 Å². The lowest BCUT2D eigenvalue weighted by atomic mass is 10.1. The monoisotopic (exact) mass is 367 g/mol. The summed E-state index contributed by atoms with van der Waals surface area (Å²) in [5, 5.41) is 13.1. The van der Waals surface area contributed by atoms with Crippen LogP contribution in [0.4, 0.5) is 0 Å². The summed E-state index contributed by atoms with van der Waals surface area (Å²) in [6, 6.07) is 12.2. The van der Waals surface area contributed by atoms with E-state index in [0.29, 0.717) is 48.2 Å². The predicted octanol–water partition coefficient (Wildman–Crippen LogP) is 4.22. The van der Waals surface area contributed by atoms with Crippen molar-refractivity contribution in [3.8, 4) is 11.5 Å². The summed E-state index contributed by atoms with van der Waals surface area (Å²) in [4.78, 5) is 11.8. The van der Waals surface area contributed by atoms with Gasteiger partial charge in [0.1, 0.15) is 16.5 Å². The summed E-state index contributed by atoms with van der Waals surface area (Å²) in [5.74, 6) is 0.722. The molecule has 2 aromatic carbocycles. The largest absolute Gasteiger partial charge is 0.508 e. The predicted molar refractivity (Wildman–Crippen MR) is 96.0 cm³/mol. The summed E-state index contributed by atoms with van der Waals surface area (Å²) in [5.41, 5.74) is 0.981. The highest BCUT2D eigenvalue weighted by Crippen LogP contribution is 2.31. The van der Waals surface area contributed by atoms with Crippen LogP contribution in [-0.2, 0) is 11.2 Å². The Morgan fingerprint density at radius 3 is 2.75 bits per heavy atom. The number of nitrogens with one attached hydrogen (secondary N) is 1. The molecule has 0 aliphatic carbocycles. The third kappa shape index (κ3) is 5.95. The molecular formula is C18H19Cl2NO3. The molecule has 0 saturated carbocycles. The Morgan fingerprint density at radius 1 is 1.17 bits per heavy atom. The van der Waals surface area contributed by atoms with Crippen molar-refractivity contribution in [2.45, 2.75) is 19.3 Å². The molecule has 2 aromatic rings. The molecule has 0 atom stereocenters. The van der Waals surface area contributed by atoms with Gasteiger partial charge in [0.2, 0.25) is 5.91 Å². The molecule has 0 radical (unpaired) electrons. The van der Waals surface area contributed by atoms with Crippen molar-refractivity contribution in [2.24, 2.45) is 0 Å². The summed E-state index contributed by atoms with van der Waals surface area (Å²) >= 11 is 11.9. The van der Waals surface area contributed by atoms with Crippen molar-refractivity contribution in [3.05, 3.63) is 58.1 Å². The Morgan fingerprint density at radius 2 is 1.96 bits per heavy atom. The number of halogens is 2. The SMILES string of the molecule is O=C(CCCOc1cccc(Cl)c1Cl)NCCc1cccc(O)c1. The van der Waals surface area contributed by atoms with E-state index in [4.69, 9.17) is 27.9 Å². The van der Waals surface area contributed by atoms with E-state index in [1.807, 2.05) is 6.07 Å². The second kappa shape index (κ2) is 9.40. The van der Waals surface area contributed by atoms with E-state index in [9.17, 15) is 9.90 Å². The number of hydrogen-bond acceptors (Lipinski definition) is 3. The molecule has 4 nitrogen and oxygen atoms in total. The molecule has 0 saturated heterocycles. The maximum absolute atomic E-state index is 11.8. The lowest BCUT2D eigenvalue weighted by molar-refractivity contribution is -0.121. The molecule has 2 rings (SSSR count).